The molecule has 24 heavy (non-hydrogen) atoms. The molecule has 138 valence electrons. The number of rotatable bonds is 6. The van der Waals surface area contributed by atoms with E-state index in [-0.39, 0.29) is 24.7 Å². The molecule has 0 bridgehead atoms. The second-order valence-corrected chi connectivity index (χ2v) is 7.64. The van der Waals surface area contributed by atoms with E-state index in [1.165, 1.54) is 38.5 Å². The summed E-state index contributed by atoms with van der Waals surface area (Å²) in [6.07, 6.45) is 10.4. The Bertz CT molecular complexity index is 436. The van der Waals surface area contributed by atoms with Gasteiger partial charge in [-0.3, -0.25) is 14.5 Å². The van der Waals surface area contributed by atoms with Crippen molar-refractivity contribution in [1.29, 1.82) is 0 Å². The summed E-state index contributed by atoms with van der Waals surface area (Å²) in [6, 6.07) is 0.999. The lowest BCUT2D eigenvalue weighted by atomic mass is 9.97. The van der Waals surface area contributed by atoms with Crippen LogP contribution in [0.25, 0.3) is 0 Å². The molecular formula is C18H31ClN2O3. The fourth-order valence-corrected chi connectivity index (χ4v) is 4.35. The summed E-state index contributed by atoms with van der Waals surface area (Å²) >= 11 is 0. The smallest absolute Gasteiger partial charge is 0.303 e. The van der Waals surface area contributed by atoms with Crippen molar-refractivity contribution in [2.75, 3.05) is 19.6 Å². The predicted octanol–water partition coefficient (Wildman–Crippen LogP) is 2.92. The van der Waals surface area contributed by atoms with Crippen molar-refractivity contribution in [1.82, 2.24) is 9.80 Å². The number of hydrogen-bond acceptors (Lipinski definition) is 3. The Labute approximate surface area is 151 Å². The van der Waals surface area contributed by atoms with Crippen molar-refractivity contribution in [3.63, 3.8) is 0 Å². The molecule has 0 spiro atoms. The van der Waals surface area contributed by atoms with E-state index in [1.807, 2.05) is 0 Å². The van der Waals surface area contributed by atoms with Gasteiger partial charge in [0.15, 0.2) is 0 Å². The second-order valence-electron chi connectivity index (χ2n) is 7.64. The molecule has 3 aliphatic rings. The summed E-state index contributed by atoms with van der Waals surface area (Å²) < 4.78 is 0. The number of carbonyl (C=O) groups excluding carboxylic acids is 1. The number of hydrogen-bond donors (Lipinski definition) is 1. The van der Waals surface area contributed by atoms with Crippen LogP contribution in [-0.2, 0) is 9.59 Å². The quantitative estimate of drug-likeness (QED) is 0.793. The second kappa shape index (κ2) is 9.04. The highest BCUT2D eigenvalue weighted by molar-refractivity contribution is 5.85. The average molecular weight is 359 g/mol. The average Bonchev–Trinajstić information content (AvgIpc) is 3.22. The van der Waals surface area contributed by atoms with Gasteiger partial charge < -0.3 is 10.0 Å². The molecule has 1 unspecified atom stereocenters. The standard InChI is InChI=1S/C18H30N2O3.ClH/c21-17(20(16-7-8-16)15-5-1-2-6-15)13-19-10-3-4-14(9-11-19)12-18(22)23;/h14-16H,1-13H2,(H,22,23);1H. The van der Waals surface area contributed by atoms with Gasteiger partial charge in [0, 0.05) is 18.5 Å². The monoisotopic (exact) mass is 358 g/mol. The lowest BCUT2D eigenvalue weighted by Crippen LogP contribution is -2.46. The van der Waals surface area contributed by atoms with Gasteiger partial charge in [-0.2, -0.15) is 0 Å². The Balaban J connectivity index is 0.00000208. The highest BCUT2D eigenvalue weighted by Gasteiger charge is 2.38. The summed E-state index contributed by atoms with van der Waals surface area (Å²) in [6.45, 7) is 2.34. The molecule has 0 aromatic carbocycles. The molecule has 1 heterocycles. The minimum absolute atomic E-state index is 0. The number of carbonyl (C=O) groups is 2. The SMILES string of the molecule is Cl.O=C(O)CC1CCCN(CC(=O)N(C2CCCC2)C2CC2)CC1. The molecule has 1 atom stereocenters. The van der Waals surface area contributed by atoms with Crippen LogP contribution in [-0.4, -0.2) is 58.5 Å². The number of likely N-dealkylation sites (tertiary alicyclic amines) is 1. The molecule has 0 radical (unpaired) electrons. The highest BCUT2D eigenvalue weighted by atomic mass is 35.5. The van der Waals surface area contributed by atoms with Crippen molar-refractivity contribution in [3.8, 4) is 0 Å². The number of aliphatic carboxylic acids is 1. The molecule has 3 rings (SSSR count). The van der Waals surface area contributed by atoms with Crippen LogP contribution in [0.3, 0.4) is 0 Å². The van der Waals surface area contributed by atoms with Gasteiger partial charge in [0.1, 0.15) is 0 Å². The first-order chi connectivity index (χ1) is 11.1. The maximum Gasteiger partial charge on any atom is 0.303 e. The van der Waals surface area contributed by atoms with Gasteiger partial charge in [-0.15, -0.1) is 12.4 Å². The molecule has 1 N–H and O–H groups in total. The van der Waals surface area contributed by atoms with Crippen LogP contribution in [0.2, 0.25) is 0 Å². The third-order valence-electron chi connectivity index (χ3n) is 5.71. The number of amides is 1. The Morgan fingerprint density at radius 1 is 0.917 bits per heavy atom. The summed E-state index contributed by atoms with van der Waals surface area (Å²) in [5.41, 5.74) is 0. The molecule has 0 aromatic heterocycles. The number of nitrogens with zero attached hydrogens (tertiary/aromatic N) is 2. The summed E-state index contributed by atoms with van der Waals surface area (Å²) in [5.74, 6) is -0.0984. The van der Waals surface area contributed by atoms with Crippen molar-refractivity contribution in [2.45, 2.75) is 76.3 Å². The third-order valence-corrected chi connectivity index (χ3v) is 5.71. The molecule has 3 fully saturated rings. The van der Waals surface area contributed by atoms with Crippen LogP contribution < -0.4 is 0 Å². The van der Waals surface area contributed by atoms with E-state index in [0.717, 1.165) is 32.4 Å². The van der Waals surface area contributed by atoms with Crippen LogP contribution in [0.5, 0.6) is 0 Å². The third kappa shape index (κ3) is 5.35. The first kappa shape index (κ1) is 19.5. The van der Waals surface area contributed by atoms with E-state index < -0.39 is 5.97 Å². The van der Waals surface area contributed by atoms with Crippen molar-refractivity contribution in [3.05, 3.63) is 0 Å². The molecule has 6 heteroatoms. The number of carboxylic acids is 1. The molecule has 1 amide bonds. The van der Waals surface area contributed by atoms with Gasteiger partial charge in [0.25, 0.3) is 0 Å². The largest absolute Gasteiger partial charge is 0.481 e. The number of carboxylic acid groups (broad SMARTS) is 1. The normalized spacial score (nSPS) is 25.8. The van der Waals surface area contributed by atoms with Crippen LogP contribution in [0.4, 0.5) is 0 Å². The summed E-state index contributed by atoms with van der Waals surface area (Å²) in [4.78, 5) is 28.2. The topological polar surface area (TPSA) is 60.9 Å². The van der Waals surface area contributed by atoms with Gasteiger partial charge >= 0.3 is 5.97 Å². The van der Waals surface area contributed by atoms with Crippen molar-refractivity contribution >= 4 is 24.3 Å². The van der Waals surface area contributed by atoms with Gasteiger partial charge in [-0.05, 0) is 64.0 Å². The number of halogens is 1. The molecule has 2 saturated carbocycles. The van der Waals surface area contributed by atoms with Crippen molar-refractivity contribution in [2.24, 2.45) is 5.92 Å². The Morgan fingerprint density at radius 2 is 1.58 bits per heavy atom. The van der Waals surface area contributed by atoms with Crippen molar-refractivity contribution < 1.29 is 14.7 Å². The van der Waals surface area contributed by atoms with E-state index in [2.05, 4.69) is 9.80 Å². The summed E-state index contributed by atoms with van der Waals surface area (Å²) in [7, 11) is 0. The van der Waals surface area contributed by atoms with Crippen LogP contribution in [0.15, 0.2) is 0 Å². The minimum atomic E-state index is -0.694. The van der Waals surface area contributed by atoms with E-state index in [1.54, 1.807) is 0 Å². The maximum atomic E-state index is 12.8. The zero-order valence-corrected chi connectivity index (χ0v) is 15.3. The maximum absolute atomic E-state index is 12.8. The Hall–Kier alpha value is -0.810. The highest BCUT2D eigenvalue weighted by Crippen LogP contribution is 2.34. The van der Waals surface area contributed by atoms with E-state index in [9.17, 15) is 9.59 Å². The van der Waals surface area contributed by atoms with E-state index >= 15 is 0 Å². The van der Waals surface area contributed by atoms with Gasteiger partial charge in [-0.25, -0.2) is 0 Å². The first-order valence-corrected chi connectivity index (χ1v) is 9.39. The molecular weight excluding hydrogens is 328 g/mol. The molecule has 5 nitrogen and oxygen atoms in total. The van der Waals surface area contributed by atoms with Gasteiger partial charge in [-0.1, -0.05) is 12.8 Å². The van der Waals surface area contributed by atoms with Gasteiger partial charge in [0.2, 0.25) is 5.91 Å². The molecule has 2 aliphatic carbocycles. The van der Waals surface area contributed by atoms with Crippen LogP contribution in [0, 0.1) is 5.92 Å². The Morgan fingerprint density at radius 3 is 2.21 bits per heavy atom. The van der Waals surface area contributed by atoms with Crippen LogP contribution in [0.1, 0.15) is 64.2 Å². The predicted molar refractivity (Wildman–Crippen MR) is 95.4 cm³/mol. The Kier molecular flexibility index (Phi) is 7.35. The lowest BCUT2D eigenvalue weighted by molar-refractivity contribution is -0.138. The van der Waals surface area contributed by atoms with E-state index in [0.29, 0.717) is 24.5 Å². The molecule has 1 aliphatic heterocycles. The van der Waals surface area contributed by atoms with E-state index in [4.69, 9.17) is 5.11 Å². The molecule has 1 saturated heterocycles. The minimum Gasteiger partial charge on any atom is -0.481 e. The van der Waals surface area contributed by atoms with Gasteiger partial charge in [0.05, 0.1) is 6.54 Å². The summed E-state index contributed by atoms with van der Waals surface area (Å²) in [5, 5.41) is 8.96. The fraction of sp³-hybridized carbons (Fsp3) is 0.889. The zero-order chi connectivity index (χ0) is 16.2. The molecule has 0 aromatic rings. The first-order valence-electron chi connectivity index (χ1n) is 9.39. The zero-order valence-electron chi connectivity index (χ0n) is 14.5. The fourth-order valence-electron chi connectivity index (χ4n) is 4.35. The lowest BCUT2D eigenvalue weighted by Gasteiger charge is -2.31. The van der Waals surface area contributed by atoms with Crippen LogP contribution >= 0.6 is 12.4 Å².